The molecule has 0 bridgehead atoms. The van der Waals surface area contributed by atoms with Crippen molar-refractivity contribution in [2.75, 3.05) is 31.7 Å². The first-order valence-electron chi connectivity index (χ1n) is 14.5. The van der Waals surface area contributed by atoms with Gasteiger partial charge in [-0.05, 0) is 66.9 Å². The average molecular weight is 554 g/mol. The quantitative estimate of drug-likeness (QED) is 0.194. The van der Waals surface area contributed by atoms with Crippen molar-refractivity contribution in [1.82, 2.24) is 0 Å². The molecule has 0 radical (unpaired) electrons. The zero-order valence-corrected chi connectivity index (χ0v) is 25.6. The molecule has 2 heterocycles. The van der Waals surface area contributed by atoms with Gasteiger partial charge in [0.1, 0.15) is 6.61 Å². The van der Waals surface area contributed by atoms with Crippen molar-refractivity contribution in [2.24, 2.45) is 0 Å². The SMILES string of the molecule is CCCCN1C(=CC=CC=CC2=[N+](CCOC)c3ccc4ccccc4c3C2(C)C)C(C)(C)c2cc(Cl)ccc21. The number of rotatable bonds is 9. The predicted octanol–water partition coefficient (Wildman–Crippen LogP) is 9.11. The van der Waals surface area contributed by atoms with E-state index >= 15 is 0 Å². The second-order valence-electron chi connectivity index (χ2n) is 11.9. The van der Waals surface area contributed by atoms with Gasteiger partial charge >= 0.3 is 0 Å². The van der Waals surface area contributed by atoms with Gasteiger partial charge in [0.05, 0.1) is 5.41 Å². The maximum absolute atomic E-state index is 6.42. The lowest BCUT2D eigenvalue weighted by atomic mass is 9.79. The van der Waals surface area contributed by atoms with Gasteiger partial charge in [-0.25, -0.2) is 0 Å². The topological polar surface area (TPSA) is 15.5 Å². The van der Waals surface area contributed by atoms with Gasteiger partial charge in [0.15, 0.2) is 12.3 Å². The number of benzene rings is 3. The molecule has 0 unspecified atom stereocenters. The number of hydrogen-bond acceptors (Lipinski definition) is 2. The van der Waals surface area contributed by atoms with Crippen LogP contribution < -0.4 is 4.90 Å². The van der Waals surface area contributed by atoms with Gasteiger partial charge in [0.25, 0.3) is 0 Å². The predicted molar refractivity (Wildman–Crippen MR) is 172 cm³/mol. The Bertz CT molecular complexity index is 1540. The summed E-state index contributed by atoms with van der Waals surface area (Å²) in [6.07, 6.45) is 13.4. The first kappa shape index (κ1) is 28.4. The Morgan fingerprint density at radius 2 is 1.75 bits per heavy atom. The largest absolute Gasteiger partial charge is 0.378 e. The number of anilines is 1. The summed E-state index contributed by atoms with van der Waals surface area (Å²) < 4.78 is 7.93. The van der Waals surface area contributed by atoms with Crippen LogP contribution in [0.2, 0.25) is 5.02 Å². The molecule has 0 aromatic heterocycles. The van der Waals surface area contributed by atoms with Gasteiger partial charge in [-0.15, -0.1) is 0 Å². The molecule has 40 heavy (non-hydrogen) atoms. The molecule has 0 N–H and O–H groups in total. The Kier molecular flexibility index (Phi) is 8.08. The van der Waals surface area contributed by atoms with Gasteiger partial charge < -0.3 is 9.64 Å². The van der Waals surface area contributed by atoms with E-state index in [1.54, 1.807) is 7.11 Å². The molecular weight excluding hydrogens is 512 g/mol. The van der Waals surface area contributed by atoms with Crippen molar-refractivity contribution >= 4 is 39.5 Å². The number of fused-ring (bicyclic) bond motifs is 4. The molecule has 0 amide bonds. The number of ether oxygens (including phenoxy) is 1. The second-order valence-corrected chi connectivity index (χ2v) is 12.4. The van der Waals surface area contributed by atoms with Crippen molar-refractivity contribution in [2.45, 2.75) is 58.3 Å². The Morgan fingerprint density at radius 1 is 0.950 bits per heavy atom. The molecule has 4 heteroatoms. The zero-order valence-electron chi connectivity index (χ0n) is 24.8. The van der Waals surface area contributed by atoms with Crippen LogP contribution in [-0.4, -0.2) is 37.1 Å². The number of allylic oxidation sites excluding steroid dienone is 6. The van der Waals surface area contributed by atoms with Crippen LogP contribution in [0.5, 0.6) is 0 Å². The summed E-state index contributed by atoms with van der Waals surface area (Å²) in [5, 5.41) is 3.41. The maximum atomic E-state index is 6.42. The van der Waals surface area contributed by atoms with Crippen LogP contribution in [-0.2, 0) is 15.6 Å². The van der Waals surface area contributed by atoms with E-state index in [0.717, 1.165) is 31.0 Å². The summed E-state index contributed by atoms with van der Waals surface area (Å²) in [6.45, 7) is 14.0. The molecular formula is C36H42ClN2O+. The van der Waals surface area contributed by atoms with Crippen LogP contribution in [0.1, 0.15) is 58.6 Å². The lowest BCUT2D eigenvalue weighted by molar-refractivity contribution is -0.441. The van der Waals surface area contributed by atoms with Gasteiger partial charge in [-0.2, -0.15) is 4.58 Å². The molecule has 2 aliphatic rings. The lowest BCUT2D eigenvalue weighted by Crippen LogP contribution is -2.28. The number of nitrogens with zero attached hydrogens (tertiary/aromatic N) is 2. The normalized spacial score (nSPS) is 18.6. The Hall–Kier alpha value is -3.14. The van der Waals surface area contributed by atoms with E-state index in [4.69, 9.17) is 16.3 Å². The maximum Gasteiger partial charge on any atom is 0.210 e. The summed E-state index contributed by atoms with van der Waals surface area (Å²) in [5.41, 5.74) is 7.62. The fourth-order valence-electron chi connectivity index (χ4n) is 6.52. The molecule has 3 nitrogen and oxygen atoms in total. The van der Waals surface area contributed by atoms with Crippen molar-refractivity contribution in [3.8, 4) is 0 Å². The molecule has 0 saturated heterocycles. The molecule has 0 atom stereocenters. The molecule has 2 aliphatic heterocycles. The molecule has 3 aromatic carbocycles. The zero-order chi connectivity index (χ0) is 28.5. The van der Waals surface area contributed by atoms with Crippen molar-refractivity contribution in [3.05, 3.63) is 107 Å². The number of halogens is 1. The van der Waals surface area contributed by atoms with Crippen LogP contribution in [0.25, 0.3) is 10.8 Å². The summed E-state index contributed by atoms with van der Waals surface area (Å²) in [7, 11) is 1.77. The monoisotopic (exact) mass is 553 g/mol. The first-order chi connectivity index (χ1) is 19.2. The van der Waals surface area contributed by atoms with E-state index in [-0.39, 0.29) is 10.8 Å². The van der Waals surface area contributed by atoms with E-state index < -0.39 is 0 Å². The van der Waals surface area contributed by atoms with E-state index in [1.807, 2.05) is 6.07 Å². The van der Waals surface area contributed by atoms with E-state index in [0.29, 0.717) is 6.61 Å². The number of hydrogen-bond donors (Lipinski definition) is 0. The Morgan fingerprint density at radius 3 is 2.52 bits per heavy atom. The highest BCUT2D eigenvalue weighted by atomic mass is 35.5. The fourth-order valence-corrected chi connectivity index (χ4v) is 6.69. The highest BCUT2D eigenvalue weighted by Crippen LogP contribution is 2.49. The van der Waals surface area contributed by atoms with Crippen LogP contribution in [0.3, 0.4) is 0 Å². The smallest absolute Gasteiger partial charge is 0.210 e. The van der Waals surface area contributed by atoms with Crippen molar-refractivity contribution < 1.29 is 9.31 Å². The fraction of sp³-hybridized carbons (Fsp3) is 0.361. The average Bonchev–Trinajstić information content (AvgIpc) is 3.28. The van der Waals surface area contributed by atoms with Gasteiger partial charge in [0, 0.05) is 53.2 Å². The second kappa shape index (κ2) is 11.4. The molecule has 0 fully saturated rings. The van der Waals surface area contributed by atoms with E-state index in [2.05, 4.69) is 123 Å². The third-order valence-electron chi connectivity index (χ3n) is 8.59. The molecule has 0 saturated carbocycles. The van der Waals surface area contributed by atoms with Gasteiger partial charge in [0.2, 0.25) is 5.69 Å². The molecule has 3 aromatic rings. The van der Waals surface area contributed by atoms with Crippen LogP contribution in [0.15, 0.2) is 90.7 Å². The third kappa shape index (κ3) is 4.95. The molecule has 0 aliphatic carbocycles. The third-order valence-corrected chi connectivity index (χ3v) is 8.83. The number of unbranched alkanes of at least 4 members (excludes halogenated alkanes) is 1. The van der Waals surface area contributed by atoms with Crippen LogP contribution in [0, 0.1) is 0 Å². The standard InChI is InChI=1S/C36H42ClN2O/c1-7-8-22-38-30-21-19-27(37)25-29(30)35(2,3)32(38)16-10-9-11-17-33-36(4,5)34-28-15-13-12-14-26(28)18-20-31(34)39(33)23-24-40-6/h9-21,25H,7-8,22-24H2,1-6H3/q+1. The van der Waals surface area contributed by atoms with Crippen LogP contribution in [0.4, 0.5) is 11.4 Å². The highest BCUT2D eigenvalue weighted by Gasteiger charge is 2.45. The summed E-state index contributed by atoms with van der Waals surface area (Å²) in [5.74, 6) is 0. The summed E-state index contributed by atoms with van der Waals surface area (Å²) in [6, 6.07) is 19.5. The van der Waals surface area contributed by atoms with E-state index in [9.17, 15) is 0 Å². The highest BCUT2D eigenvalue weighted by molar-refractivity contribution is 6.30. The number of methoxy groups -OCH3 is 1. The first-order valence-corrected chi connectivity index (χ1v) is 14.9. The molecule has 208 valence electrons. The van der Waals surface area contributed by atoms with Crippen molar-refractivity contribution in [1.29, 1.82) is 0 Å². The minimum absolute atomic E-state index is 0.107. The van der Waals surface area contributed by atoms with Crippen LogP contribution >= 0.6 is 11.6 Å². The summed E-state index contributed by atoms with van der Waals surface area (Å²) in [4.78, 5) is 2.48. The summed E-state index contributed by atoms with van der Waals surface area (Å²) >= 11 is 6.42. The van der Waals surface area contributed by atoms with Gasteiger partial charge in [-0.1, -0.05) is 81.3 Å². The minimum Gasteiger partial charge on any atom is -0.378 e. The Balaban J connectivity index is 1.47. The molecule has 5 rings (SSSR count). The Labute approximate surface area is 245 Å². The lowest BCUT2D eigenvalue weighted by Gasteiger charge is -2.27. The van der Waals surface area contributed by atoms with E-state index in [1.165, 1.54) is 44.7 Å². The van der Waals surface area contributed by atoms with Gasteiger partial charge in [-0.3, -0.25) is 0 Å². The molecule has 0 spiro atoms. The van der Waals surface area contributed by atoms with Crippen molar-refractivity contribution in [3.63, 3.8) is 0 Å². The minimum atomic E-state index is -0.127.